The van der Waals surface area contributed by atoms with Crippen molar-refractivity contribution >= 4 is 17.4 Å². The number of hydrogen-bond donors (Lipinski definition) is 1. The molecule has 4 nitrogen and oxygen atoms in total. The third-order valence-electron chi connectivity index (χ3n) is 3.26. The van der Waals surface area contributed by atoms with Crippen molar-refractivity contribution < 1.29 is 4.79 Å². The maximum Gasteiger partial charge on any atom is 0.282 e. The quantitative estimate of drug-likeness (QED) is 0.804. The number of carbonyl (C=O) groups is 1. The zero-order valence-electron chi connectivity index (χ0n) is 12.1. The Balaban J connectivity index is 1.91. The van der Waals surface area contributed by atoms with E-state index in [1.54, 1.807) is 6.92 Å². The lowest BCUT2D eigenvalue weighted by Crippen LogP contribution is -2.29. The van der Waals surface area contributed by atoms with Gasteiger partial charge in [0, 0.05) is 0 Å². The van der Waals surface area contributed by atoms with Crippen molar-refractivity contribution in [2.45, 2.75) is 13.0 Å². The molecule has 0 spiro atoms. The van der Waals surface area contributed by atoms with Gasteiger partial charge in [-0.05, 0) is 29.6 Å². The Morgan fingerprint density at radius 1 is 1.00 bits per heavy atom. The molecule has 5 heteroatoms. The van der Waals surface area contributed by atoms with Gasteiger partial charge in [-0.1, -0.05) is 60.7 Å². The molecule has 0 saturated heterocycles. The number of aryl methyl sites for hydroxylation is 1. The highest BCUT2D eigenvalue weighted by Crippen LogP contribution is 2.22. The predicted octanol–water partition coefficient (Wildman–Crippen LogP) is 3.37. The first-order valence-electron chi connectivity index (χ1n) is 6.95. The van der Waals surface area contributed by atoms with Gasteiger partial charge >= 0.3 is 0 Å². The average Bonchev–Trinajstić information content (AvgIpc) is 3.01. The van der Waals surface area contributed by atoms with E-state index in [2.05, 4.69) is 14.7 Å². The summed E-state index contributed by atoms with van der Waals surface area (Å²) in [6.45, 7) is 1.78. The Morgan fingerprint density at radius 3 is 2.00 bits per heavy atom. The third-order valence-corrected chi connectivity index (χ3v) is 4.07. The van der Waals surface area contributed by atoms with Gasteiger partial charge in [0.15, 0.2) is 0 Å². The topological polar surface area (TPSA) is 54.9 Å². The Kier molecular flexibility index (Phi) is 4.25. The fourth-order valence-electron chi connectivity index (χ4n) is 2.23. The first-order chi connectivity index (χ1) is 10.7. The van der Waals surface area contributed by atoms with E-state index in [4.69, 9.17) is 0 Å². The smallest absolute Gasteiger partial charge is 0.282 e. The summed E-state index contributed by atoms with van der Waals surface area (Å²) in [5.74, 6) is 0.412. The fraction of sp³-hybridized carbons (Fsp3) is 0.118. The van der Waals surface area contributed by atoms with Gasteiger partial charge in [0.1, 0.15) is 5.82 Å². The van der Waals surface area contributed by atoms with Gasteiger partial charge in [-0.2, -0.15) is 4.37 Å². The molecule has 0 atom stereocenters. The van der Waals surface area contributed by atoms with Crippen LogP contribution in [0, 0.1) is 6.92 Å². The monoisotopic (exact) mass is 309 g/mol. The van der Waals surface area contributed by atoms with Gasteiger partial charge < -0.3 is 5.32 Å². The van der Waals surface area contributed by atoms with Gasteiger partial charge in [0.05, 0.1) is 6.04 Å². The van der Waals surface area contributed by atoms with Crippen molar-refractivity contribution in [1.29, 1.82) is 0 Å². The van der Waals surface area contributed by atoms with E-state index in [0.717, 1.165) is 22.7 Å². The van der Waals surface area contributed by atoms with E-state index in [9.17, 15) is 4.79 Å². The highest BCUT2D eigenvalue weighted by molar-refractivity contribution is 7.07. The molecule has 1 N–H and O–H groups in total. The van der Waals surface area contributed by atoms with Crippen LogP contribution in [0.5, 0.6) is 0 Å². The van der Waals surface area contributed by atoms with Crippen LogP contribution in [-0.2, 0) is 0 Å². The van der Waals surface area contributed by atoms with Gasteiger partial charge in [-0.3, -0.25) is 4.79 Å². The van der Waals surface area contributed by atoms with Gasteiger partial charge in [-0.25, -0.2) is 4.98 Å². The van der Waals surface area contributed by atoms with Crippen molar-refractivity contribution in [3.8, 4) is 0 Å². The van der Waals surface area contributed by atoms with E-state index >= 15 is 0 Å². The number of benzene rings is 2. The summed E-state index contributed by atoms with van der Waals surface area (Å²) in [4.78, 5) is 16.6. The van der Waals surface area contributed by atoms with Crippen LogP contribution >= 0.6 is 11.5 Å². The molecular weight excluding hydrogens is 294 g/mol. The standard InChI is InChI=1S/C17H15N3OS/c1-12-18-17(22-20-12)16(21)19-15(13-8-4-2-5-9-13)14-10-6-3-7-11-14/h2-11,15H,1H3,(H,19,21). The van der Waals surface area contributed by atoms with Gasteiger partial charge in [0.2, 0.25) is 5.01 Å². The molecule has 0 aliphatic rings. The molecule has 0 aliphatic carbocycles. The second-order valence-corrected chi connectivity index (χ2v) is 5.63. The van der Waals surface area contributed by atoms with Crippen molar-refractivity contribution in [2.75, 3.05) is 0 Å². The molecule has 1 aromatic heterocycles. The van der Waals surface area contributed by atoms with Crippen LogP contribution in [0.4, 0.5) is 0 Å². The average molecular weight is 309 g/mol. The summed E-state index contributed by atoms with van der Waals surface area (Å²) < 4.78 is 4.06. The van der Waals surface area contributed by atoms with E-state index in [-0.39, 0.29) is 11.9 Å². The summed E-state index contributed by atoms with van der Waals surface area (Å²) >= 11 is 1.12. The minimum absolute atomic E-state index is 0.205. The third kappa shape index (κ3) is 3.20. The maximum absolute atomic E-state index is 12.4. The lowest BCUT2D eigenvalue weighted by atomic mass is 9.99. The number of hydrogen-bond acceptors (Lipinski definition) is 4. The van der Waals surface area contributed by atoms with E-state index in [1.807, 2.05) is 60.7 Å². The summed E-state index contributed by atoms with van der Waals surface area (Å²) in [5.41, 5.74) is 2.06. The van der Waals surface area contributed by atoms with Crippen molar-refractivity contribution in [2.24, 2.45) is 0 Å². The molecule has 0 aliphatic heterocycles. The zero-order valence-corrected chi connectivity index (χ0v) is 12.9. The SMILES string of the molecule is Cc1nsc(C(=O)NC(c2ccccc2)c2ccccc2)n1. The molecule has 0 unspecified atom stereocenters. The summed E-state index contributed by atoms with van der Waals surface area (Å²) in [6, 6.07) is 19.6. The number of aromatic nitrogens is 2. The molecule has 0 fully saturated rings. The molecule has 0 bridgehead atoms. The molecule has 3 rings (SSSR count). The summed E-state index contributed by atoms with van der Waals surface area (Å²) in [6.07, 6.45) is 0. The van der Waals surface area contributed by atoms with Crippen LogP contribution in [0.25, 0.3) is 0 Å². The van der Waals surface area contributed by atoms with Crippen LogP contribution in [0.3, 0.4) is 0 Å². The molecule has 3 aromatic rings. The van der Waals surface area contributed by atoms with Crippen LogP contribution in [0.2, 0.25) is 0 Å². The predicted molar refractivity (Wildman–Crippen MR) is 86.8 cm³/mol. The highest BCUT2D eigenvalue weighted by Gasteiger charge is 2.19. The minimum Gasteiger partial charge on any atom is -0.339 e. The molecule has 110 valence electrons. The van der Waals surface area contributed by atoms with E-state index in [0.29, 0.717) is 10.8 Å². The van der Waals surface area contributed by atoms with Crippen molar-refractivity contribution in [3.63, 3.8) is 0 Å². The Morgan fingerprint density at radius 2 is 1.55 bits per heavy atom. The second kappa shape index (κ2) is 6.49. The van der Waals surface area contributed by atoms with Gasteiger partial charge in [-0.15, -0.1) is 0 Å². The van der Waals surface area contributed by atoms with Crippen LogP contribution in [0.15, 0.2) is 60.7 Å². The molecule has 1 heterocycles. The molecule has 22 heavy (non-hydrogen) atoms. The lowest BCUT2D eigenvalue weighted by molar-refractivity contribution is 0.0942. The zero-order chi connectivity index (χ0) is 15.4. The largest absolute Gasteiger partial charge is 0.339 e. The Hall–Kier alpha value is -2.53. The number of nitrogens with zero attached hydrogens (tertiary/aromatic N) is 2. The Labute approximate surface area is 133 Å². The van der Waals surface area contributed by atoms with Gasteiger partial charge in [0.25, 0.3) is 5.91 Å². The van der Waals surface area contributed by atoms with Crippen molar-refractivity contribution in [3.05, 3.63) is 82.6 Å². The number of amides is 1. The molecular formula is C17H15N3OS. The minimum atomic E-state index is -0.209. The maximum atomic E-state index is 12.4. The first-order valence-corrected chi connectivity index (χ1v) is 7.72. The molecule has 2 aromatic carbocycles. The van der Waals surface area contributed by atoms with E-state index in [1.165, 1.54) is 0 Å². The second-order valence-electron chi connectivity index (χ2n) is 4.87. The summed E-state index contributed by atoms with van der Waals surface area (Å²) in [5, 5.41) is 3.43. The lowest BCUT2D eigenvalue weighted by Gasteiger charge is -2.19. The molecule has 0 saturated carbocycles. The van der Waals surface area contributed by atoms with Crippen LogP contribution in [0.1, 0.15) is 32.8 Å². The van der Waals surface area contributed by atoms with Crippen molar-refractivity contribution in [1.82, 2.24) is 14.7 Å². The normalized spacial score (nSPS) is 10.6. The first kappa shape index (κ1) is 14.4. The molecule has 0 radical (unpaired) electrons. The Bertz CT molecular complexity index is 716. The van der Waals surface area contributed by atoms with Crippen LogP contribution in [-0.4, -0.2) is 15.3 Å². The van der Waals surface area contributed by atoms with E-state index < -0.39 is 0 Å². The number of nitrogens with one attached hydrogen (secondary N) is 1. The number of carbonyl (C=O) groups excluding carboxylic acids is 1. The molecule has 1 amide bonds. The fourth-order valence-corrected chi connectivity index (χ4v) is 2.81. The highest BCUT2D eigenvalue weighted by atomic mass is 32.1. The number of rotatable bonds is 4. The van der Waals surface area contributed by atoms with Crippen LogP contribution < -0.4 is 5.32 Å². The summed E-state index contributed by atoms with van der Waals surface area (Å²) in [7, 11) is 0.